The van der Waals surface area contributed by atoms with Crippen molar-refractivity contribution < 1.29 is 23.1 Å². The lowest BCUT2D eigenvalue weighted by Gasteiger charge is -2.06. The molecule has 0 aromatic heterocycles. The fraction of sp³-hybridized carbons (Fsp3) is 0.273. The van der Waals surface area contributed by atoms with Crippen molar-refractivity contribution >= 4 is 17.6 Å². The molecule has 0 aliphatic heterocycles. The molecule has 5 nitrogen and oxygen atoms in total. The Bertz CT molecular complexity index is 478. The molecule has 7 heteroatoms. The highest BCUT2D eigenvalue weighted by Gasteiger charge is 2.17. The number of halogens is 2. The maximum Gasteiger partial charge on any atom is 0.341 e. The summed E-state index contributed by atoms with van der Waals surface area (Å²) in [6, 6.07) is 1.31. The Balaban J connectivity index is 2.73. The number of nitrogen functional groups attached to an aromatic ring is 1. The number of amides is 1. The van der Waals surface area contributed by atoms with Crippen LogP contribution in [0.25, 0.3) is 0 Å². The van der Waals surface area contributed by atoms with Crippen molar-refractivity contribution in [3.63, 3.8) is 0 Å². The van der Waals surface area contributed by atoms with Crippen molar-refractivity contribution in [2.24, 2.45) is 0 Å². The number of ether oxygens (including phenoxy) is 1. The van der Waals surface area contributed by atoms with E-state index in [0.717, 1.165) is 6.07 Å². The molecule has 0 radical (unpaired) electrons. The molecule has 1 amide bonds. The molecule has 0 unspecified atom stereocenters. The van der Waals surface area contributed by atoms with Gasteiger partial charge >= 0.3 is 5.97 Å². The van der Waals surface area contributed by atoms with Crippen molar-refractivity contribution in [3.05, 3.63) is 29.3 Å². The molecular weight excluding hydrogens is 246 g/mol. The first-order valence-corrected chi connectivity index (χ1v) is 5.14. The number of anilines is 1. The molecule has 98 valence electrons. The van der Waals surface area contributed by atoms with Crippen LogP contribution in [0.4, 0.5) is 14.5 Å². The standard InChI is InChI=1S/C11H12F2N2O3/c1-2-15-10(16)5-18-11(17)6-3-9(14)8(13)4-7(6)12/h3-4H,2,5,14H2,1H3,(H,15,16). The first-order chi connectivity index (χ1) is 8.45. The van der Waals surface area contributed by atoms with Gasteiger partial charge in [-0.1, -0.05) is 0 Å². The zero-order valence-corrected chi connectivity index (χ0v) is 9.63. The molecule has 1 rings (SSSR count). The Morgan fingerprint density at radius 3 is 2.61 bits per heavy atom. The third-order valence-corrected chi connectivity index (χ3v) is 2.01. The van der Waals surface area contributed by atoms with Gasteiger partial charge in [0.1, 0.15) is 11.6 Å². The third kappa shape index (κ3) is 3.41. The van der Waals surface area contributed by atoms with E-state index in [1.54, 1.807) is 6.92 Å². The topological polar surface area (TPSA) is 81.4 Å². The number of esters is 1. The monoisotopic (exact) mass is 258 g/mol. The first kappa shape index (κ1) is 13.9. The molecule has 0 atom stereocenters. The van der Waals surface area contributed by atoms with Crippen LogP contribution in [-0.4, -0.2) is 25.0 Å². The van der Waals surface area contributed by atoms with Gasteiger partial charge in [-0.25, -0.2) is 13.6 Å². The van der Waals surface area contributed by atoms with Gasteiger partial charge in [-0.2, -0.15) is 0 Å². The van der Waals surface area contributed by atoms with Crippen LogP contribution in [0.3, 0.4) is 0 Å². The molecule has 1 aromatic rings. The smallest absolute Gasteiger partial charge is 0.341 e. The first-order valence-electron chi connectivity index (χ1n) is 5.14. The Morgan fingerprint density at radius 1 is 1.33 bits per heavy atom. The second-order valence-corrected chi connectivity index (χ2v) is 3.38. The Kier molecular flexibility index (Phi) is 4.59. The maximum absolute atomic E-state index is 13.3. The summed E-state index contributed by atoms with van der Waals surface area (Å²) in [4.78, 5) is 22.4. The SMILES string of the molecule is CCNC(=O)COC(=O)c1cc(N)c(F)cc1F. The van der Waals surface area contributed by atoms with Gasteiger partial charge in [0, 0.05) is 12.6 Å². The summed E-state index contributed by atoms with van der Waals surface area (Å²) >= 11 is 0. The van der Waals surface area contributed by atoms with Crippen LogP contribution >= 0.6 is 0 Å². The Morgan fingerprint density at radius 2 is 2.00 bits per heavy atom. The largest absolute Gasteiger partial charge is 0.452 e. The predicted octanol–water partition coefficient (Wildman–Crippen LogP) is 0.840. The summed E-state index contributed by atoms with van der Waals surface area (Å²) in [6.07, 6.45) is 0. The number of hydrogen-bond donors (Lipinski definition) is 2. The number of hydrogen-bond acceptors (Lipinski definition) is 4. The number of likely N-dealkylation sites (N-methyl/N-ethyl adjacent to an activating group) is 1. The summed E-state index contributed by atoms with van der Waals surface area (Å²) in [7, 11) is 0. The van der Waals surface area contributed by atoms with E-state index < -0.39 is 35.7 Å². The number of nitrogens with one attached hydrogen (secondary N) is 1. The highest BCUT2D eigenvalue weighted by molar-refractivity contribution is 5.92. The minimum absolute atomic E-state index is 0.374. The van der Waals surface area contributed by atoms with E-state index in [2.05, 4.69) is 10.1 Å². The normalized spacial score (nSPS) is 9.94. The number of carbonyl (C=O) groups is 2. The molecule has 18 heavy (non-hydrogen) atoms. The molecular formula is C11H12F2N2O3. The molecule has 0 saturated heterocycles. The van der Waals surface area contributed by atoms with Crippen molar-refractivity contribution in [3.8, 4) is 0 Å². The van der Waals surface area contributed by atoms with Crippen LogP contribution in [0.15, 0.2) is 12.1 Å². The summed E-state index contributed by atoms with van der Waals surface area (Å²) in [5, 5.41) is 2.39. The van der Waals surface area contributed by atoms with Crippen LogP contribution in [0.2, 0.25) is 0 Å². The number of benzene rings is 1. The molecule has 0 fully saturated rings. The molecule has 0 aliphatic carbocycles. The number of rotatable bonds is 4. The van der Waals surface area contributed by atoms with Crippen LogP contribution in [0.1, 0.15) is 17.3 Å². The highest BCUT2D eigenvalue weighted by Crippen LogP contribution is 2.17. The molecule has 0 spiro atoms. The van der Waals surface area contributed by atoms with Crippen molar-refractivity contribution in [1.82, 2.24) is 5.32 Å². The quantitative estimate of drug-likeness (QED) is 0.619. The van der Waals surface area contributed by atoms with E-state index in [1.165, 1.54) is 0 Å². The molecule has 3 N–H and O–H groups in total. The van der Waals surface area contributed by atoms with Crippen LogP contribution in [-0.2, 0) is 9.53 Å². The third-order valence-electron chi connectivity index (χ3n) is 2.01. The van der Waals surface area contributed by atoms with Crippen molar-refractivity contribution in [2.75, 3.05) is 18.9 Å². The fourth-order valence-corrected chi connectivity index (χ4v) is 1.18. The van der Waals surface area contributed by atoms with Crippen molar-refractivity contribution in [2.45, 2.75) is 6.92 Å². The van der Waals surface area contributed by atoms with Crippen LogP contribution in [0.5, 0.6) is 0 Å². The Labute approximate surface area is 102 Å². The second-order valence-electron chi connectivity index (χ2n) is 3.38. The van der Waals surface area contributed by atoms with Gasteiger partial charge in [-0.05, 0) is 13.0 Å². The van der Waals surface area contributed by atoms with Gasteiger partial charge in [0.25, 0.3) is 5.91 Å². The van der Waals surface area contributed by atoms with Gasteiger partial charge in [-0.3, -0.25) is 4.79 Å². The van der Waals surface area contributed by atoms with Gasteiger partial charge in [0.15, 0.2) is 6.61 Å². The van der Waals surface area contributed by atoms with Crippen LogP contribution in [0, 0.1) is 11.6 Å². The van der Waals surface area contributed by atoms with Gasteiger partial charge < -0.3 is 15.8 Å². The maximum atomic E-state index is 13.3. The highest BCUT2D eigenvalue weighted by atomic mass is 19.1. The predicted molar refractivity (Wildman–Crippen MR) is 59.7 cm³/mol. The lowest BCUT2D eigenvalue weighted by molar-refractivity contribution is -0.124. The molecule has 0 saturated carbocycles. The zero-order chi connectivity index (χ0) is 13.7. The summed E-state index contributed by atoms with van der Waals surface area (Å²) in [5.41, 5.74) is 4.31. The van der Waals surface area contributed by atoms with E-state index in [-0.39, 0.29) is 5.69 Å². The van der Waals surface area contributed by atoms with E-state index in [4.69, 9.17) is 5.73 Å². The molecule has 0 aliphatic rings. The molecule has 0 bridgehead atoms. The van der Waals surface area contributed by atoms with Crippen LogP contribution < -0.4 is 11.1 Å². The average Bonchev–Trinajstić information content (AvgIpc) is 2.31. The minimum Gasteiger partial charge on any atom is -0.452 e. The minimum atomic E-state index is -1.09. The number of carbonyl (C=O) groups excluding carboxylic acids is 2. The van der Waals surface area contributed by atoms with Gasteiger partial charge in [0.05, 0.1) is 11.3 Å². The van der Waals surface area contributed by atoms with E-state index >= 15 is 0 Å². The fourth-order valence-electron chi connectivity index (χ4n) is 1.18. The van der Waals surface area contributed by atoms with Crippen molar-refractivity contribution in [1.29, 1.82) is 0 Å². The lowest BCUT2D eigenvalue weighted by Crippen LogP contribution is -2.28. The van der Waals surface area contributed by atoms with E-state index in [0.29, 0.717) is 12.6 Å². The summed E-state index contributed by atoms with van der Waals surface area (Å²) in [6.45, 7) is 1.54. The summed E-state index contributed by atoms with van der Waals surface area (Å²) < 4.78 is 30.7. The molecule has 0 heterocycles. The average molecular weight is 258 g/mol. The van der Waals surface area contributed by atoms with Gasteiger partial charge in [-0.15, -0.1) is 0 Å². The summed E-state index contributed by atoms with van der Waals surface area (Å²) in [5.74, 6) is -3.65. The number of nitrogens with two attached hydrogens (primary N) is 1. The second kappa shape index (κ2) is 5.95. The van der Waals surface area contributed by atoms with Gasteiger partial charge in [0.2, 0.25) is 0 Å². The van der Waals surface area contributed by atoms with E-state index in [9.17, 15) is 18.4 Å². The van der Waals surface area contributed by atoms with E-state index in [1.807, 2.05) is 0 Å². The Hall–Kier alpha value is -2.18. The zero-order valence-electron chi connectivity index (χ0n) is 9.63. The lowest BCUT2D eigenvalue weighted by atomic mass is 10.2. The molecule has 1 aromatic carbocycles.